The molecule has 1 aliphatic rings. The number of aliphatic carboxylic acids is 1. The van der Waals surface area contributed by atoms with E-state index in [2.05, 4.69) is 15.9 Å². The number of carbonyl (C=O) groups is 2. The minimum absolute atomic E-state index is 0.0242. The highest BCUT2D eigenvalue weighted by molar-refractivity contribution is 9.10. The van der Waals surface area contributed by atoms with Crippen molar-refractivity contribution in [3.63, 3.8) is 0 Å². The molecule has 1 amide bonds. The van der Waals surface area contributed by atoms with Crippen LogP contribution >= 0.6 is 51.2 Å². The van der Waals surface area contributed by atoms with Gasteiger partial charge >= 0.3 is 5.97 Å². The number of nitrogens with zero attached hydrogens (tertiary/aromatic N) is 1. The Kier molecular flexibility index (Phi) is 6.29. The lowest BCUT2D eigenvalue weighted by Crippen LogP contribution is -2.29. The van der Waals surface area contributed by atoms with Crippen LogP contribution in [0.2, 0.25) is 0 Å². The van der Waals surface area contributed by atoms with Crippen molar-refractivity contribution in [1.29, 1.82) is 0 Å². The summed E-state index contributed by atoms with van der Waals surface area (Å²) in [5.41, 5.74) is 1.11. The molecule has 1 fully saturated rings. The third kappa shape index (κ3) is 4.43. The number of hydrogen-bond donors (Lipinski definition) is 1. The number of thioether (sulfide) groups is 1. The highest BCUT2D eigenvalue weighted by Gasteiger charge is 2.31. The van der Waals surface area contributed by atoms with E-state index in [9.17, 15) is 9.59 Å². The van der Waals surface area contributed by atoms with E-state index in [1.165, 1.54) is 16.7 Å². The molecule has 1 saturated heterocycles. The Bertz CT molecular complexity index is 907. The van der Waals surface area contributed by atoms with Crippen molar-refractivity contribution in [3.05, 3.63) is 50.7 Å². The van der Waals surface area contributed by atoms with Crippen molar-refractivity contribution in [3.8, 4) is 10.4 Å². The number of hydrogen-bond acceptors (Lipinski definition) is 5. The molecular formula is C18H14BrNO3S3. The van der Waals surface area contributed by atoms with Crippen LogP contribution in [0.3, 0.4) is 0 Å². The number of carboxylic acid groups (broad SMARTS) is 1. The van der Waals surface area contributed by atoms with Crippen LogP contribution in [0.15, 0.2) is 45.8 Å². The van der Waals surface area contributed by atoms with Crippen LogP contribution in [-0.4, -0.2) is 32.7 Å². The molecule has 1 aromatic heterocycles. The maximum absolute atomic E-state index is 12.5. The molecule has 0 radical (unpaired) electrons. The first kappa shape index (κ1) is 19.3. The lowest BCUT2D eigenvalue weighted by Gasteiger charge is -2.13. The van der Waals surface area contributed by atoms with Gasteiger partial charge in [-0.1, -0.05) is 58.1 Å². The Morgan fingerprint density at radius 1 is 1.27 bits per heavy atom. The topological polar surface area (TPSA) is 57.6 Å². The molecule has 0 unspecified atom stereocenters. The van der Waals surface area contributed by atoms with Crippen molar-refractivity contribution in [2.75, 3.05) is 6.54 Å². The van der Waals surface area contributed by atoms with Crippen LogP contribution in [0.1, 0.15) is 17.7 Å². The second-order valence-corrected chi connectivity index (χ2v) is 9.16. The third-order valence-electron chi connectivity index (χ3n) is 3.69. The van der Waals surface area contributed by atoms with Crippen LogP contribution in [-0.2, 0) is 9.59 Å². The minimum atomic E-state index is -0.871. The molecule has 8 heteroatoms. The van der Waals surface area contributed by atoms with Crippen molar-refractivity contribution < 1.29 is 14.7 Å². The van der Waals surface area contributed by atoms with E-state index >= 15 is 0 Å². The zero-order valence-corrected chi connectivity index (χ0v) is 17.5. The lowest BCUT2D eigenvalue weighted by atomic mass is 10.2. The summed E-state index contributed by atoms with van der Waals surface area (Å²) in [5.74, 6) is -1.02. The molecule has 134 valence electrons. The Morgan fingerprint density at radius 3 is 2.77 bits per heavy atom. The van der Waals surface area contributed by atoms with Gasteiger partial charge in [-0.3, -0.25) is 14.5 Å². The van der Waals surface area contributed by atoms with Gasteiger partial charge in [0.2, 0.25) is 0 Å². The second-order valence-electron chi connectivity index (χ2n) is 5.51. The van der Waals surface area contributed by atoms with Gasteiger partial charge in [-0.15, -0.1) is 11.3 Å². The quantitative estimate of drug-likeness (QED) is 0.464. The summed E-state index contributed by atoms with van der Waals surface area (Å²) in [6.45, 7) is 0.334. The molecule has 0 atom stereocenters. The normalized spacial score (nSPS) is 15.9. The summed E-state index contributed by atoms with van der Waals surface area (Å²) in [5, 5.41) is 8.73. The van der Waals surface area contributed by atoms with E-state index in [0.29, 0.717) is 22.2 Å². The standard InChI is InChI=1S/C18H14BrNO3S3/c19-13-5-2-1-4-12(13)14-8-7-11(25-14)10-15-17(23)20(18(24)26-15)9-3-6-16(21)22/h1-2,4-5,7-8,10H,3,6,9H2,(H,21,22)/b15-10+. The van der Waals surface area contributed by atoms with Crippen molar-refractivity contribution in [1.82, 2.24) is 4.90 Å². The Labute approximate surface area is 173 Å². The molecule has 0 spiro atoms. The summed E-state index contributed by atoms with van der Waals surface area (Å²) in [4.78, 5) is 27.3. The summed E-state index contributed by atoms with van der Waals surface area (Å²) in [7, 11) is 0. The molecule has 3 rings (SSSR count). The Morgan fingerprint density at radius 2 is 2.04 bits per heavy atom. The maximum atomic E-state index is 12.5. The Balaban J connectivity index is 1.75. The van der Waals surface area contributed by atoms with Crippen molar-refractivity contribution in [2.45, 2.75) is 12.8 Å². The van der Waals surface area contributed by atoms with Gasteiger partial charge in [0.15, 0.2) is 0 Å². The number of halogens is 1. The number of thiocarbonyl (C=S) groups is 1. The largest absolute Gasteiger partial charge is 0.481 e. The lowest BCUT2D eigenvalue weighted by molar-refractivity contribution is -0.137. The summed E-state index contributed by atoms with van der Waals surface area (Å²) in [6.07, 6.45) is 2.26. The highest BCUT2D eigenvalue weighted by atomic mass is 79.9. The van der Waals surface area contributed by atoms with Gasteiger partial charge < -0.3 is 5.11 Å². The van der Waals surface area contributed by atoms with E-state index in [1.807, 2.05) is 42.5 Å². The first-order valence-electron chi connectivity index (χ1n) is 7.77. The summed E-state index contributed by atoms with van der Waals surface area (Å²) < 4.78 is 1.51. The zero-order chi connectivity index (χ0) is 18.7. The number of rotatable bonds is 6. The fraction of sp³-hybridized carbons (Fsp3) is 0.167. The second kappa shape index (κ2) is 8.47. The molecule has 1 aromatic carbocycles. The van der Waals surface area contributed by atoms with Crippen LogP contribution < -0.4 is 0 Å². The zero-order valence-electron chi connectivity index (χ0n) is 13.5. The van der Waals surface area contributed by atoms with E-state index in [0.717, 1.165) is 19.8 Å². The van der Waals surface area contributed by atoms with Crippen molar-refractivity contribution in [2.24, 2.45) is 0 Å². The van der Waals surface area contributed by atoms with Crippen LogP contribution in [0.5, 0.6) is 0 Å². The molecule has 1 aliphatic heterocycles. The molecule has 2 aromatic rings. The highest BCUT2D eigenvalue weighted by Crippen LogP contribution is 2.37. The molecule has 26 heavy (non-hydrogen) atoms. The minimum Gasteiger partial charge on any atom is -0.481 e. The first-order chi connectivity index (χ1) is 12.5. The summed E-state index contributed by atoms with van der Waals surface area (Å²) in [6, 6.07) is 12.0. The van der Waals surface area contributed by atoms with Gasteiger partial charge in [-0.05, 0) is 30.7 Å². The number of benzene rings is 1. The average Bonchev–Trinajstić information content (AvgIpc) is 3.15. The van der Waals surface area contributed by atoms with E-state index in [1.54, 1.807) is 11.3 Å². The third-order valence-corrected chi connectivity index (χ3v) is 6.82. The fourth-order valence-corrected chi connectivity index (χ4v) is 5.44. The van der Waals surface area contributed by atoms with Crippen molar-refractivity contribution >= 4 is 73.5 Å². The van der Waals surface area contributed by atoms with Gasteiger partial charge in [-0.2, -0.15) is 0 Å². The predicted molar refractivity (Wildman–Crippen MR) is 114 cm³/mol. The molecule has 0 aliphatic carbocycles. The van der Waals surface area contributed by atoms with Gasteiger partial charge in [0, 0.05) is 32.8 Å². The molecular weight excluding hydrogens is 454 g/mol. The molecule has 0 bridgehead atoms. The van der Waals surface area contributed by atoms with E-state index in [-0.39, 0.29) is 12.3 Å². The molecule has 2 heterocycles. The molecule has 0 saturated carbocycles. The molecule has 4 nitrogen and oxygen atoms in total. The van der Waals surface area contributed by atoms with Gasteiger partial charge in [0.05, 0.1) is 4.91 Å². The predicted octanol–water partition coefficient (Wildman–Crippen LogP) is 5.24. The van der Waals surface area contributed by atoms with Crippen LogP contribution in [0.4, 0.5) is 0 Å². The number of thiophene rings is 1. The van der Waals surface area contributed by atoms with Gasteiger partial charge in [0.25, 0.3) is 5.91 Å². The summed E-state index contributed by atoms with van der Waals surface area (Å²) >= 11 is 11.7. The van der Waals surface area contributed by atoms with Crippen LogP contribution in [0, 0.1) is 0 Å². The van der Waals surface area contributed by atoms with E-state index in [4.69, 9.17) is 17.3 Å². The van der Waals surface area contributed by atoms with Gasteiger partial charge in [0.1, 0.15) is 4.32 Å². The number of carbonyl (C=O) groups excluding carboxylic acids is 1. The molecule has 1 N–H and O–H groups in total. The van der Waals surface area contributed by atoms with Crippen LogP contribution in [0.25, 0.3) is 16.5 Å². The number of amides is 1. The van der Waals surface area contributed by atoms with Gasteiger partial charge in [-0.25, -0.2) is 0 Å². The SMILES string of the molecule is O=C(O)CCCN1C(=O)/C(=C\c2ccc(-c3ccccc3Br)s2)SC1=S. The maximum Gasteiger partial charge on any atom is 0.303 e. The Hall–Kier alpha value is -1.48. The van der Waals surface area contributed by atoms with E-state index < -0.39 is 5.97 Å². The fourth-order valence-electron chi connectivity index (χ4n) is 2.45. The first-order valence-corrected chi connectivity index (χ1v) is 10.6. The smallest absolute Gasteiger partial charge is 0.303 e. The average molecular weight is 468 g/mol. The monoisotopic (exact) mass is 467 g/mol. The number of carboxylic acids is 1.